The highest BCUT2D eigenvalue weighted by Crippen LogP contribution is 2.36. The predicted molar refractivity (Wildman–Crippen MR) is 136 cm³/mol. The van der Waals surface area contributed by atoms with E-state index in [9.17, 15) is 4.79 Å². The first-order valence-corrected chi connectivity index (χ1v) is 13.2. The van der Waals surface area contributed by atoms with Gasteiger partial charge in [-0.05, 0) is 54.6 Å². The van der Waals surface area contributed by atoms with Gasteiger partial charge in [0.25, 0.3) is 0 Å². The Labute approximate surface area is 201 Å². The van der Waals surface area contributed by atoms with Crippen molar-refractivity contribution in [3.8, 4) is 0 Å². The summed E-state index contributed by atoms with van der Waals surface area (Å²) < 4.78 is 12.6. The van der Waals surface area contributed by atoms with Crippen molar-refractivity contribution in [3.63, 3.8) is 0 Å². The van der Waals surface area contributed by atoms with Crippen LogP contribution in [0.4, 0.5) is 10.5 Å². The first-order valence-electron chi connectivity index (χ1n) is 13.2. The van der Waals surface area contributed by atoms with Gasteiger partial charge < -0.3 is 20.1 Å². The Balaban J connectivity index is 1.78. The number of anilines is 1. The predicted octanol–water partition coefficient (Wildman–Crippen LogP) is 7.18. The van der Waals surface area contributed by atoms with Gasteiger partial charge in [-0.15, -0.1) is 0 Å². The lowest BCUT2D eigenvalue weighted by Gasteiger charge is -2.43. The number of hydrogen-bond donors (Lipinski definition) is 2. The van der Waals surface area contributed by atoms with Gasteiger partial charge in [0.1, 0.15) is 0 Å². The smallest absolute Gasteiger partial charge is 0.319 e. The SMILES string of the molecule is CCC1(CC)COC(C(NC(=O)Nc2c(C(C)C)cccc2C(C)C)C2CCCCC2)OC1. The highest BCUT2D eigenvalue weighted by molar-refractivity contribution is 5.91. The topological polar surface area (TPSA) is 59.6 Å². The van der Waals surface area contributed by atoms with Gasteiger partial charge in [-0.25, -0.2) is 4.79 Å². The van der Waals surface area contributed by atoms with E-state index in [1.54, 1.807) is 0 Å². The number of rotatable bonds is 8. The molecule has 5 nitrogen and oxygen atoms in total. The molecule has 2 amide bonds. The number of urea groups is 1. The maximum atomic E-state index is 13.4. The molecular formula is C28H46N2O3. The fraction of sp³-hybridized carbons (Fsp3) is 0.750. The largest absolute Gasteiger partial charge is 0.350 e. The van der Waals surface area contributed by atoms with Crippen LogP contribution in [0.2, 0.25) is 0 Å². The molecule has 1 aliphatic heterocycles. The molecule has 1 heterocycles. The monoisotopic (exact) mass is 458 g/mol. The number of carbonyl (C=O) groups is 1. The summed E-state index contributed by atoms with van der Waals surface area (Å²) in [4.78, 5) is 13.4. The van der Waals surface area contributed by atoms with Crippen LogP contribution in [0.3, 0.4) is 0 Å². The van der Waals surface area contributed by atoms with Crippen LogP contribution >= 0.6 is 0 Å². The second-order valence-corrected chi connectivity index (χ2v) is 10.8. The van der Waals surface area contributed by atoms with Crippen molar-refractivity contribution >= 4 is 11.7 Å². The molecule has 0 radical (unpaired) electrons. The maximum Gasteiger partial charge on any atom is 0.319 e. The molecule has 1 atom stereocenters. The van der Waals surface area contributed by atoms with Crippen LogP contribution in [0.5, 0.6) is 0 Å². The van der Waals surface area contributed by atoms with Crippen LogP contribution in [0.15, 0.2) is 18.2 Å². The van der Waals surface area contributed by atoms with E-state index < -0.39 is 0 Å². The standard InChI is InChI=1S/C28H46N2O3/c1-7-28(8-2)17-32-26(33-18-28)24(21-13-10-9-11-14-21)29-27(31)30-25-22(19(3)4)15-12-16-23(25)20(5)6/h12,15-16,19-21,24,26H,7-11,13-14,17-18H2,1-6H3,(H2,29,30,31). The zero-order valence-corrected chi connectivity index (χ0v) is 21.7. The molecule has 186 valence electrons. The van der Waals surface area contributed by atoms with Gasteiger partial charge in [-0.1, -0.05) is 79.0 Å². The van der Waals surface area contributed by atoms with Crippen molar-refractivity contribution in [2.45, 2.75) is 111 Å². The molecular weight excluding hydrogens is 412 g/mol. The zero-order valence-electron chi connectivity index (χ0n) is 21.7. The molecule has 1 aliphatic carbocycles. The van der Waals surface area contributed by atoms with Crippen molar-refractivity contribution < 1.29 is 14.3 Å². The lowest BCUT2D eigenvalue weighted by Crippen LogP contribution is -2.55. The quantitative estimate of drug-likeness (QED) is 0.433. The minimum absolute atomic E-state index is 0.0955. The van der Waals surface area contributed by atoms with Gasteiger partial charge in [-0.3, -0.25) is 0 Å². The molecule has 1 unspecified atom stereocenters. The molecule has 1 saturated heterocycles. The summed E-state index contributed by atoms with van der Waals surface area (Å²) in [5, 5.41) is 6.53. The lowest BCUT2D eigenvalue weighted by molar-refractivity contribution is -0.246. The molecule has 33 heavy (non-hydrogen) atoms. The number of ether oxygens (including phenoxy) is 2. The third-order valence-electron chi connectivity index (χ3n) is 7.97. The summed E-state index contributed by atoms with van der Waals surface area (Å²) in [7, 11) is 0. The van der Waals surface area contributed by atoms with E-state index >= 15 is 0 Å². The summed E-state index contributed by atoms with van der Waals surface area (Å²) in [5.74, 6) is 1.04. The molecule has 0 aromatic heterocycles. The summed E-state index contributed by atoms with van der Waals surface area (Å²) in [5.41, 5.74) is 3.39. The van der Waals surface area contributed by atoms with E-state index in [1.165, 1.54) is 30.4 Å². The molecule has 0 bridgehead atoms. The van der Waals surface area contributed by atoms with Gasteiger partial charge in [-0.2, -0.15) is 0 Å². The minimum atomic E-state index is -0.380. The fourth-order valence-corrected chi connectivity index (χ4v) is 5.37. The normalized spacial score (nSPS) is 20.7. The number of carbonyl (C=O) groups excluding carboxylic acids is 1. The van der Waals surface area contributed by atoms with Gasteiger partial charge in [0.15, 0.2) is 6.29 Å². The Morgan fingerprint density at radius 3 is 2.00 bits per heavy atom. The number of amides is 2. The number of para-hydroxylation sites is 1. The summed E-state index contributed by atoms with van der Waals surface area (Å²) in [6.07, 6.45) is 7.62. The molecule has 2 aliphatic rings. The second kappa shape index (κ2) is 11.7. The molecule has 2 N–H and O–H groups in total. The molecule has 1 aromatic carbocycles. The molecule has 3 rings (SSSR count). The first-order chi connectivity index (χ1) is 15.8. The molecule has 1 aromatic rings. The third-order valence-corrected chi connectivity index (χ3v) is 7.97. The van der Waals surface area contributed by atoms with Crippen molar-refractivity contribution in [1.29, 1.82) is 0 Å². The van der Waals surface area contributed by atoms with E-state index in [-0.39, 0.29) is 23.8 Å². The highest BCUT2D eigenvalue weighted by Gasteiger charge is 2.40. The van der Waals surface area contributed by atoms with E-state index in [0.29, 0.717) is 31.0 Å². The van der Waals surface area contributed by atoms with Crippen LogP contribution in [0, 0.1) is 11.3 Å². The molecule has 1 saturated carbocycles. The molecule has 2 fully saturated rings. The van der Waals surface area contributed by atoms with Crippen LogP contribution < -0.4 is 10.6 Å². The first kappa shape index (κ1) is 26.0. The van der Waals surface area contributed by atoms with Crippen molar-refractivity contribution in [2.24, 2.45) is 11.3 Å². The Hall–Kier alpha value is -1.59. The van der Waals surface area contributed by atoms with Crippen LogP contribution in [0.25, 0.3) is 0 Å². The summed E-state index contributed by atoms with van der Waals surface area (Å²) >= 11 is 0. The number of hydrogen-bond acceptors (Lipinski definition) is 3. The van der Waals surface area contributed by atoms with Gasteiger partial charge >= 0.3 is 6.03 Å². The third kappa shape index (κ3) is 6.30. The summed E-state index contributed by atoms with van der Waals surface area (Å²) in [6, 6.07) is 6.04. The van der Waals surface area contributed by atoms with Crippen molar-refractivity contribution in [3.05, 3.63) is 29.3 Å². The number of benzene rings is 1. The van der Waals surface area contributed by atoms with E-state index in [2.05, 4.69) is 70.4 Å². The van der Waals surface area contributed by atoms with Gasteiger partial charge in [0.2, 0.25) is 0 Å². The van der Waals surface area contributed by atoms with Gasteiger partial charge in [0, 0.05) is 11.1 Å². The maximum absolute atomic E-state index is 13.4. The van der Waals surface area contributed by atoms with Gasteiger partial charge in [0.05, 0.1) is 19.3 Å². The van der Waals surface area contributed by atoms with E-state index in [4.69, 9.17) is 9.47 Å². The van der Waals surface area contributed by atoms with Crippen LogP contribution in [0.1, 0.15) is 109 Å². The van der Waals surface area contributed by atoms with E-state index in [1.807, 2.05) is 0 Å². The second-order valence-electron chi connectivity index (χ2n) is 10.8. The van der Waals surface area contributed by atoms with Crippen molar-refractivity contribution in [1.82, 2.24) is 5.32 Å². The Bertz CT molecular complexity index is 730. The minimum Gasteiger partial charge on any atom is -0.350 e. The Morgan fingerprint density at radius 2 is 1.52 bits per heavy atom. The fourth-order valence-electron chi connectivity index (χ4n) is 5.37. The molecule has 5 heteroatoms. The van der Waals surface area contributed by atoms with E-state index in [0.717, 1.165) is 31.4 Å². The average Bonchev–Trinajstić information content (AvgIpc) is 2.83. The Morgan fingerprint density at radius 1 is 0.970 bits per heavy atom. The van der Waals surface area contributed by atoms with Crippen LogP contribution in [-0.2, 0) is 9.47 Å². The Kier molecular flexibility index (Phi) is 9.23. The summed E-state index contributed by atoms with van der Waals surface area (Å²) in [6.45, 7) is 14.5. The number of nitrogens with one attached hydrogen (secondary N) is 2. The van der Waals surface area contributed by atoms with Crippen LogP contribution in [-0.4, -0.2) is 31.6 Å². The average molecular weight is 459 g/mol. The molecule has 0 spiro atoms. The highest BCUT2D eigenvalue weighted by atomic mass is 16.7. The van der Waals surface area contributed by atoms with Crippen molar-refractivity contribution in [2.75, 3.05) is 18.5 Å². The zero-order chi connectivity index (χ0) is 24.0. The lowest BCUT2D eigenvalue weighted by atomic mass is 9.81.